The highest BCUT2D eigenvalue weighted by Crippen LogP contribution is 2.77. The van der Waals surface area contributed by atoms with Gasteiger partial charge in [0.2, 0.25) is 0 Å². The summed E-state index contributed by atoms with van der Waals surface area (Å²) >= 11 is 0. The molecule has 12 atom stereocenters. The van der Waals surface area contributed by atoms with Gasteiger partial charge in [-0.25, -0.2) is 0 Å². The number of carbonyl (C=O) groups is 4. The molecule has 8 heteroatoms. The molecule has 0 bridgehead atoms. The minimum absolute atomic E-state index is 0.0950. The highest BCUT2D eigenvalue weighted by molar-refractivity contribution is 5.79. The van der Waals surface area contributed by atoms with Crippen LogP contribution in [0.3, 0.4) is 0 Å². The molecule has 8 nitrogen and oxygen atoms in total. The van der Waals surface area contributed by atoms with Crippen molar-refractivity contribution in [1.82, 2.24) is 0 Å². The van der Waals surface area contributed by atoms with Crippen LogP contribution in [0.5, 0.6) is 0 Å². The molecule has 2 N–H and O–H groups in total. The number of carboxylic acid groups (broad SMARTS) is 2. The van der Waals surface area contributed by atoms with Crippen molar-refractivity contribution in [2.24, 2.45) is 68.5 Å². The average Bonchev–Trinajstić information content (AvgIpc) is 3.38. The van der Waals surface area contributed by atoms with Crippen molar-refractivity contribution in [2.45, 2.75) is 139 Å². The normalized spacial score (nSPS) is 42.5. The number of aliphatic carboxylic acids is 2. The van der Waals surface area contributed by atoms with Gasteiger partial charge in [-0.05, 0) is 117 Å². The first-order valence-corrected chi connectivity index (χ1v) is 18.7. The monoisotopic (exact) mass is 670 g/mol. The van der Waals surface area contributed by atoms with E-state index >= 15 is 0 Å². The molecule has 270 valence electrons. The van der Waals surface area contributed by atoms with Crippen LogP contribution in [0.25, 0.3) is 0 Å². The average molecular weight is 671 g/mol. The molecule has 5 saturated carbocycles. The third-order valence-electron chi connectivity index (χ3n) is 15.8. The molecular formula is C40H62O8. The fourth-order valence-corrected chi connectivity index (χ4v) is 12.9. The second-order valence-corrected chi connectivity index (χ2v) is 18.4. The third-order valence-corrected chi connectivity index (χ3v) is 15.8. The number of hydrogen-bond acceptors (Lipinski definition) is 6. The summed E-state index contributed by atoms with van der Waals surface area (Å²) in [5.41, 5.74) is 1.29. The summed E-state index contributed by atoms with van der Waals surface area (Å²) in [6.45, 7) is 22.3. The third kappa shape index (κ3) is 5.83. The van der Waals surface area contributed by atoms with Crippen LogP contribution in [0.15, 0.2) is 12.2 Å². The Morgan fingerprint density at radius 2 is 1.38 bits per heavy atom. The lowest BCUT2D eigenvalue weighted by molar-refractivity contribution is -0.252. The van der Waals surface area contributed by atoms with Crippen molar-refractivity contribution in [3.63, 3.8) is 0 Å². The van der Waals surface area contributed by atoms with Crippen molar-refractivity contribution in [3.05, 3.63) is 12.2 Å². The summed E-state index contributed by atoms with van der Waals surface area (Å²) in [7, 11) is 0. The lowest BCUT2D eigenvalue weighted by Gasteiger charge is -2.73. The summed E-state index contributed by atoms with van der Waals surface area (Å²) in [5, 5.41) is 18.6. The number of carbonyl (C=O) groups excluding carboxylic acids is 2. The summed E-state index contributed by atoms with van der Waals surface area (Å²) in [4.78, 5) is 48.4. The molecule has 0 aromatic heterocycles. The van der Waals surface area contributed by atoms with E-state index in [1.807, 2.05) is 0 Å². The maximum Gasteiger partial charge on any atom is 0.306 e. The summed E-state index contributed by atoms with van der Waals surface area (Å²) in [5.74, 6) is -2.06. The molecule has 0 heterocycles. The maximum absolute atomic E-state index is 12.8. The molecule has 5 rings (SSSR count). The van der Waals surface area contributed by atoms with Crippen LogP contribution in [-0.2, 0) is 28.7 Å². The fraction of sp³-hybridized carbons (Fsp3) is 0.850. The predicted molar refractivity (Wildman–Crippen MR) is 183 cm³/mol. The van der Waals surface area contributed by atoms with Crippen LogP contribution in [-0.4, -0.2) is 46.8 Å². The van der Waals surface area contributed by atoms with Crippen molar-refractivity contribution < 1.29 is 38.9 Å². The van der Waals surface area contributed by atoms with Gasteiger partial charge in [0, 0.05) is 10.8 Å². The topological polar surface area (TPSA) is 127 Å². The highest BCUT2D eigenvalue weighted by atomic mass is 16.5. The molecular weight excluding hydrogens is 608 g/mol. The van der Waals surface area contributed by atoms with Gasteiger partial charge in [0.05, 0.1) is 31.3 Å². The Morgan fingerprint density at radius 1 is 0.750 bits per heavy atom. The number of hydrogen-bond donors (Lipinski definition) is 2. The molecule has 0 radical (unpaired) electrons. The van der Waals surface area contributed by atoms with Crippen LogP contribution >= 0.6 is 0 Å². The van der Waals surface area contributed by atoms with Crippen molar-refractivity contribution in [3.8, 4) is 0 Å². The van der Waals surface area contributed by atoms with E-state index in [0.717, 1.165) is 64.2 Å². The van der Waals surface area contributed by atoms with E-state index in [2.05, 4.69) is 48.1 Å². The maximum atomic E-state index is 12.8. The molecule has 5 aliphatic rings. The van der Waals surface area contributed by atoms with Crippen LogP contribution in [0, 0.1) is 68.5 Å². The number of carboxylic acids is 2. The van der Waals surface area contributed by atoms with Crippen molar-refractivity contribution >= 4 is 23.9 Å². The Balaban J connectivity index is 1.38. The first-order chi connectivity index (χ1) is 22.2. The van der Waals surface area contributed by atoms with Crippen LogP contribution < -0.4 is 0 Å². The molecule has 48 heavy (non-hydrogen) atoms. The Bertz CT molecular complexity index is 1320. The van der Waals surface area contributed by atoms with Crippen LogP contribution in [0.2, 0.25) is 0 Å². The van der Waals surface area contributed by atoms with E-state index in [-0.39, 0.29) is 46.0 Å². The SMILES string of the molecule is C=C(C)[C@@H]1CC[C@]2(COC(=O)CC(C)C(=O)O)CC[C@]3(C)[C@H](CC[C@@H]4[C@@]5(C)CC[C@H](OC(=O)CC(C)C(=O)O)C(C)(C)[C@@H]5CC[C@]43C)[C@@H]12. The molecule has 0 aromatic carbocycles. The van der Waals surface area contributed by atoms with E-state index in [4.69, 9.17) is 9.47 Å². The van der Waals surface area contributed by atoms with E-state index in [9.17, 15) is 29.4 Å². The van der Waals surface area contributed by atoms with Gasteiger partial charge in [0.15, 0.2) is 0 Å². The molecule has 0 aliphatic heterocycles. The molecule has 5 aliphatic carbocycles. The second kappa shape index (κ2) is 12.7. The van der Waals surface area contributed by atoms with Gasteiger partial charge in [0.25, 0.3) is 0 Å². The van der Waals surface area contributed by atoms with Gasteiger partial charge in [-0.2, -0.15) is 0 Å². The van der Waals surface area contributed by atoms with E-state index < -0.39 is 35.7 Å². The molecule has 5 fully saturated rings. The summed E-state index contributed by atoms with van der Waals surface area (Å²) in [6.07, 6.45) is 10.1. The second-order valence-electron chi connectivity index (χ2n) is 18.4. The van der Waals surface area contributed by atoms with Gasteiger partial charge in [-0.3, -0.25) is 19.2 Å². The minimum atomic E-state index is -0.976. The fourth-order valence-electron chi connectivity index (χ4n) is 12.9. The van der Waals surface area contributed by atoms with Crippen molar-refractivity contribution in [2.75, 3.05) is 6.61 Å². The zero-order chi connectivity index (χ0) is 35.6. The number of esters is 2. The van der Waals surface area contributed by atoms with Crippen LogP contribution in [0.1, 0.15) is 132 Å². The Kier molecular flexibility index (Phi) is 9.79. The number of ether oxygens (including phenoxy) is 2. The lowest BCUT2D eigenvalue weighted by atomic mass is 9.32. The first kappa shape index (κ1) is 36.9. The Labute approximate surface area is 288 Å². The van der Waals surface area contributed by atoms with Gasteiger partial charge in [0.1, 0.15) is 6.10 Å². The summed E-state index contributed by atoms with van der Waals surface area (Å²) < 4.78 is 12.0. The van der Waals surface area contributed by atoms with Gasteiger partial charge >= 0.3 is 23.9 Å². The number of fused-ring (bicyclic) bond motifs is 7. The molecule has 0 spiro atoms. The molecule has 2 unspecified atom stereocenters. The first-order valence-electron chi connectivity index (χ1n) is 18.7. The molecule has 0 saturated heterocycles. The number of allylic oxidation sites excluding steroid dienone is 1. The number of rotatable bonds is 10. The van der Waals surface area contributed by atoms with Gasteiger partial charge in [-0.1, -0.05) is 60.6 Å². The molecule has 0 amide bonds. The van der Waals surface area contributed by atoms with Gasteiger partial charge < -0.3 is 19.7 Å². The Hall–Kier alpha value is -2.38. The quantitative estimate of drug-likeness (QED) is 0.176. The van der Waals surface area contributed by atoms with E-state index in [1.165, 1.54) is 5.57 Å². The van der Waals surface area contributed by atoms with Gasteiger partial charge in [-0.15, -0.1) is 0 Å². The highest BCUT2D eigenvalue weighted by Gasteiger charge is 2.71. The predicted octanol–water partition coefficient (Wildman–Crippen LogP) is 8.32. The zero-order valence-electron chi connectivity index (χ0n) is 30.9. The van der Waals surface area contributed by atoms with Crippen molar-refractivity contribution in [1.29, 1.82) is 0 Å². The van der Waals surface area contributed by atoms with E-state index in [1.54, 1.807) is 13.8 Å². The lowest BCUT2D eigenvalue weighted by Crippen LogP contribution is -2.67. The Morgan fingerprint density at radius 3 is 1.98 bits per heavy atom. The largest absolute Gasteiger partial charge is 0.481 e. The smallest absolute Gasteiger partial charge is 0.306 e. The minimum Gasteiger partial charge on any atom is -0.481 e. The van der Waals surface area contributed by atoms with E-state index in [0.29, 0.717) is 36.2 Å². The molecule has 0 aromatic rings. The zero-order valence-corrected chi connectivity index (χ0v) is 30.9. The standard InChI is InChI=1S/C40H62O8/c1-23(2)26-12-17-40(22-47-31(41)20-24(3)34(43)44)19-18-38(8)27(33(26)40)10-11-29-37(7)15-14-30(48-32(42)21-25(4)35(45)46)36(5,6)28(37)13-16-39(29,38)9/h24-30,33H,1,10-22H2,2-9H3,(H,43,44)(H,45,46)/t24?,25?,26-,27+,28-,29+,30-,33+,37-,38+,39+,40+/m0/s1. The summed E-state index contributed by atoms with van der Waals surface area (Å²) in [6, 6.07) is 0. The van der Waals surface area contributed by atoms with Crippen LogP contribution in [0.4, 0.5) is 0 Å².